The van der Waals surface area contributed by atoms with Gasteiger partial charge in [-0.25, -0.2) is 30.7 Å². The van der Waals surface area contributed by atoms with Crippen molar-refractivity contribution in [1.29, 1.82) is 0 Å². The van der Waals surface area contributed by atoms with Gasteiger partial charge in [-0.2, -0.15) is 0 Å². The summed E-state index contributed by atoms with van der Waals surface area (Å²) in [5.74, 6) is -13.3. The first-order valence-electron chi connectivity index (χ1n) is 13.1. The number of ether oxygens (including phenoxy) is 1. The second kappa shape index (κ2) is 11.9. The van der Waals surface area contributed by atoms with E-state index < -0.39 is 70.9 Å². The van der Waals surface area contributed by atoms with Crippen molar-refractivity contribution in [2.75, 3.05) is 0 Å². The highest BCUT2D eigenvalue weighted by Gasteiger charge is 2.43. The number of hydrogen-bond acceptors (Lipinski definition) is 1. The molecular formula is C30H26F10O. The topological polar surface area (TPSA) is 9.23 Å². The third kappa shape index (κ3) is 7.16. The lowest BCUT2D eigenvalue weighted by Crippen LogP contribution is -2.34. The van der Waals surface area contributed by atoms with Gasteiger partial charge in [0.2, 0.25) is 5.75 Å². The number of aryl methyl sites for hydroxylation is 1. The van der Waals surface area contributed by atoms with Gasteiger partial charge in [-0.15, -0.1) is 13.2 Å². The first kappa shape index (κ1) is 30.7. The summed E-state index contributed by atoms with van der Waals surface area (Å²) in [6, 6.07) is 7.21. The molecule has 0 N–H and O–H groups in total. The second-order valence-corrected chi connectivity index (χ2v) is 10.3. The average molecular weight is 593 g/mol. The van der Waals surface area contributed by atoms with Crippen molar-refractivity contribution in [1.82, 2.24) is 0 Å². The lowest BCUT2D eigenvalue weighted by Gasteiger charge is -2.34. The monoisotopic (exact) mass is 592 g/mol. The van der Waals surface area contributed by atoms with Crippen LogP contribution in [0.1, 0.15) is 61.6 Å². The van der Waals surface area contributed by atoms with Gasteiger partial charge in [0.05, 0.1) is 0 Å². The maximum Gasteiger partial charge on any atom is 0.573 e. The van der Waals surface area contributed by atoms with Crippen LogP contribution in [0.3, 0.4) is 0 Å². The minimum absolute atomic E-state index is 0.00536. The quantitative estimate of drug-likeness (QED) is 0.237. The first-order valence-corrected chi connectivity index (χ1v) is 13.1. The van der Waals surface area contributed by atoms with Crippen LogP contribution in [0, 0.1) is 35.0 Å². The molecule has 0 atom stereocenters. The van der Waals surface area contributed by atoms with Gasteiger partial charge in [-0.05, 0) is 85.0 Å². The molecule has 0 radical (unpaired) electrons. The maximum absolute atomic E-state index is 15.1. The molecule has 1 aliphatic carbocycles. The molecular weight excluding hydrogens is 566 g/mol. The summed E-state index contributed by atoms with van der Waals surface area (Å²) in [4.78, 5) is 0. The van der Waals surface area contributed by atoms with Crippen LogP contribution in [0.25, 0.3) is 11.1 Å². The second-order valence-electron chi connectivity index (χ2n) is 10.3. The fourth-order valence-electron chi connectivity index (χ4n) is 5.52. The SMILES string of the molecule is CCCc1ccc(-c2cc(F)c(C3CCC(C(F)(F)Cc4cc(F)c(OC(F)(F)F)c(F)c4)CC3)c(F)c2)c(F)c1. The predicted octanol–water partition coefficient (Wildman–Crippen LogP) is 10.1. The Hall–Kier alpha value is -3.24. The lowest BCUT2D eigenvalue weighted by molar-refractivity contribution is -0.276. The maximum atomic E-state index is 15.1. The number of halogens is 10. The predicted molar refractivity (Wildman–Crippen MR) is 132 cm³/mol. The van der Waals surface area contributed by atoms with E-state index in [4.69, 9.17) is 0 Å². The van der Waals surface area contributed by atoms with E-state index in [1.54, 1.807) is 6.07 Å². The molecule has 1 saturated carbocycles. The van der Waals surface area contributed by atoms with E-state index in [2.05, 4.69) is 4.74 Å². The zero-order valence-corrected chi connectivity index (χ0v) is 21.8. The third-order valence-electron chi connectivity index (χ3n) is 7.41. The number of alkyl halides is 5. The van der Waals surface area contributed by atoms with Crippen LogP contribution in [0.15, 0.2) is 42.5 Å². The van der Waals surface area contributed by atoms with Crippen LogP contribution in [-0.4, -0.2) is 12.3 Å². The molecule has 3 aromatic rings. The van der Waals surface area contributed by atoms with E-state index in [9.17, 15) is 26.3 Å². The molecule has 0 amide bonds. The summed E-state index contributed by atoms with van der Waals surface area (Å²) >= 11 is 0. The molecule has 0 heterocycles. The number of rotatable bonds is 8. The molecule has 1 aliphatic rings. The largest absolute Gasteiger partial charge is 0.573 e. The minimum Gasteiger partial charge on any atom is -0.399 e. The van der Waals surface area contributed by atoms with Crippen LogP contribution >= 0.6 is 0 Å². The van der Waals surface area contributed by atoms with Crippen LogP contribution in [-0.2, 0) is 12.8 Å². The normalized spacial score (nSPS) is 18.0. The van der Waals surface area contributed by atoms with Crippen LogP contribution in [0.2, 0.25) is 0 Å². The summed E-state index contributed by atoms with van der Waals surface area (Å²) in [5.41, 5.74) is -0.0473. The van der Waals surface area contributed by atoms with Gasteiger partial charge in [0.1, 0.15) is 17.5 Å². The summed E-state index contributed by atoms with van der Waals surface area (Å²) in [6.45, 7) is 1.94. The molecule has 0 spiro atoms. The molecule has 3 aromatic carbocycles. The Kier molecular flexibility index (Phi) is 8.94. The molecule has 0 unspecified atom stereocenters. The summed E-state index contributed by atoms with van der Waals surface area (Å²) in [5, 5.41) is 0. The Morgan fingerprint density at radius 3 is 1.78 bits per heavy atom. The summed E-state index contributed by atoms with van der Waals surface area (Å²) in [7, 11) is 0. The first-order chi connectivity index (χ1) is 19.2. The summed E-state index contributed by atoms with van der Waals surface area (Å²) in [6.07, 6.45) is -5.40. The van der Waals surface area contributed by atoms with Crippen molar-refractivity contribution in [2.24, 2.45) is 5.92 Å². The average Bonchev–Trinajstić information content (AvgIpc) is 2.86. The molecule has 1 nitrogen and oxygen atoms in total. The van der Waals surface area contributed by atoms with Gasteiger partial charge in [0.15, 0.2) is 11.6 Å². The third-order valence-corrected chi connectivity index (χ3v) is 7.41. The van der Waals surface area contributed by atoms with Crippen LogP contribution in [0.4, 0.5) is 43.9 Å². The Bertz CT molecular complexity index is 1340. The van der Waals surface area contributed by atoms with Crippen LogP contribution < -0.4 is 4.74 Å². The van der Waals surface area contributed by atoms with Crippen molar-refractivity contribution in [3.63, 3.8) is 0 Å². The van der Waals surface area contributed by atoms with E-state index in [1.807, 2.05) is 6.92 Å². The lowest BCUT2D eigenvalue weighted by atomic mass is 9.75. The Morgan fingerprint density at radius 2 is 1.27 bits per heavy atom. The highest BCUT2D eigenvalue weighted by molar-refractivity contribution is 5.65. The molecule has 0 bridgehead atoms. The Morgan fingerprint density at radius 1 is 0.707 bits per heavy atom. The number of benzene rings is 3. The van der Waals surface area contributed by atoms with E-state index in [1.165, 1.54) is 12.1 Å². The fraction of sp³-hybridized carbons (Fsp3) is 0.400. The molecule has 222 valence electrons. The van der Waals surface area contributed by atoms with Crippen molar-refractivity contribution in [2.45, 2.75) is 70.1 Å². The Labute approximate surface area is 230 Å². The van der Waals surface area contributed by atoms with Gasteiger partial charge >= 0.3 is 6.36 Å². The molecule has 4 rings (SSSR count). The van der Waals surface area contributed by atoms with E-state index in [0.29, 0.717) is 18.6 Å². The molecule has 0 aromatic heterocycles. The highest BCUT2D eigenvalue weighted by Crippen LogP contribution is 2.45. The molecule has 0 saturated heterocycles. The van der Waals surface area contributed by atoms with Crippen molar-refractivity contribution < 1.29 is 48.6 Å². The zero-order chi connectivity index (χ0) is 30.1. The van der Waals surface area contributed by atoms with Gasteiger partial charge in [0.25, 0.3) is 5.92 Å². The van der Waals surface area contributed by atoms with Gasteiger partial charge < -0.3 is 4.74 Å². The van der Waals surface area contributed by atoms with Crippen molar-refractivity contribution in [3.8, 4) is 16.9 Å². The molecule has 41 heavy (non-hydrogen) atoms. The van der Waals surface area contributed by atoms with Crippen molar-refractivity contribution >= 4 is 0 Å². The molecule has 11 heteroatoms. The highest BCUT2D eigenvalue weighted by atomic mass is 19.4. The van der Waals surface area contributed by atoms with E-state index in [0.717, 1.165) is 24.1 Å². The van der Waals surface area contributed by atoms with E-state index in [-0.39, 0.29) is 42.4 Å². The molecule has 1 fully saturated rings. The Balaban J connectivity index is 1.45. The van der Waals surface area contributed by atoms with Crippen LogP contribution in [0.5, 0.6) is 5.75 Å². The van der Waals surface area contributed by atoms with Gasteiger partial charge in [-0.3, -0.25) is 0 Å². The van der Waals surface area contributed by atoms with Crippen molar-refractivity contribution in [3.05, 3.63) is 88.2 Å². The van der Waals surface area contributed by atoms with E-state index >= 15 is 17.6 Å². The zero-order valence-electron chi connectivity index (χ0n) is 21.8. The summed E-state index contributed by atoms with van der Waals surface area (Å²) < 4.78 is 143. The molecule has 0 aliphatic heterocycles. The standard InChI is InChI=1S/C30H26F10O/c1-2-3-16-4-9-21(22(31)10-16)19-13-23(32)27(24(33)14-19)18-5-7-20(8-6-18)29(36,37)15-17-11-25(34)28(26(35)12-17)41-30(38,39)40/h4,9-14,18,20H,2-3,5-8,15H2,1H3. The fourth-order valence-corrected chi connectivity index (χ4v) is 5.52. The van der Waals surface area contributed by atoms with Gasteiger partial charge in [0, 0.05) is 23.5 Å². The minimum atomic E-state index is -5.37. The van der Waals surface area contributed by atoms with Gasteiger partial charge in [-0.1, -0.05) is 25.5 Å². The number of hydrogen-bond donors (Lipinski definition) is 0. The smallest absolute Gasteiger partial charge is 0.399 e.